The van der Waals surface area contributed by atoms with Crippen LogP contribution in [0.4, 0.5) is 4.79 Å². The number of aromatic nitrogens is 2. The van der Waals surface area contributed by atoms with Crippen LogP contribution < -0.4 is 5.32 Å². The maximum atomic E-state index is 11.9. The summed E-state index contributed by atoms with van der Waals surface area (Å²) in [5, 5.41) is 2.84. The molecule has 0 aliphatic carbocycles. The Morgan fingerprint density at radius 2 is 1.68 bits per heavy atom. The van der Waals surface area contributed by atoms with Crippen LogP contribution in [0, 0.1) is 5.41 Å². The Bertz CT molecular complexity index is 419. The van der Waals surface area contributed by atoms with Crippen molar-refractivity contribution in [3.05, 3.63) is 24.3 Å². The highest BCUT2D eigenvalue weighted by molar-refractivity contribution is 5.68. The van der Waals surface area contributed by atoms with Crippen LogP contribution in [0.25, 0.3) is 0 Å². The molecule has 19 heavy (non-hydrogen) atoms. The lowest BCUT2D eigenvalue weighted by molar-refractivity contribution is 0.0458. The molecule has 0 bridgehead atoms. The number of ether oxygens (including phenoxy) is 1. The molecule has 0 saturated carbocycles. The van der Waals surface area contributed by atoms with Crippen LogP contribution in [0.2, 0.25) is 0 Å². The summed E-state index contributed by atoms with van der Waals surface area (Å²) in [7, 11) is 0. The summed E-state index contributed by atoms with van der Waals surface area (Å²) in [4.78, 5) is 20.3. The summed E-state index contributed by atoms with van der Waals surface area (Å²) in [6, 6.07) is 1.44. The van der Waals surface area contributed by atoms with Gasteiger partial charge in [0.1, 0.15) is 5.60 Å². The molecule has 0 saturated heterocycles. The third-order valence-corrected chi connectivity index (χ3v) is 2.37. The van der Waals surface area contributed by atoms with E-state index in [4.69, 9.17) is 4.74 Å². The molecule has 5 heteroatoms. The fourth-order valence-electron chi connectivity index (χ4n) is 1.55. The van der Waals surface area contributed by atoms with E-state index in [1.54, 1.807) is 18.5 Å². The summed E-state index contributed by atoms with van der Waals surface area (Å²) >= 11 is 0. The Balaban J connectivity index is 2.87. The summed E-state index contributed by atoms with van der Waals surface area (Å²) in [6.07, 6.45) is 2.87. The van der Waals surface area contributed by atoms with Crippen molar-refractivity contribution in [1.82, 2.24) is 15.3 Å². The molecule has 1 heterocycles. The maximum absolute atomic E-state index is 11.9. The number of rotatable bonds is 2. The first kappa shape index (κ1) is 15.4. The molecular weight excluding hydrogens is 242 g/mol. The molecule has 5 nitrogen and oxygen atoms in total. The molecule has 1 aromatic heterocycles. The largest absolute Gasteiger partial charge is 0.444 e. The molecule has 0 aromatic carbocycles. The van der Waals surface area contributed by atoms with E-state index < -0.39 is 11.7 Å². The third kappa shape index (κ3) is 5.24. The van der Waals surface area contributed by atoms with Gasteiger partial charge in [-0.25, -0.2) is 14.8 Å². The molecule has 1 amide bonds. The van der Waals surface area contributed by atoms with E-state index in [1.807, 2.05) is 41.5 Å². The zero-order valence-corrected chi connectivity index (χ0v) is 12.5. The van der Waals surface area contributed by atoms with Gasteiger partial charge in [-0.3, -0.25) is 0 Å². The van der Waals surface area contributed by atoms with Gasteiger partial charge in [-0.1, -0.05) is 20.8 Å². The normalized spacial score (nSPS) is 13.8. The van der Waals surface area contributed by atoms with Crippen molar-refractivity contribution < 1.29 is 9.53 Å². The molecule has 1 atom stereocenters. The molecule has 0 spiro atoms. The highest BCUT2D eigenvalue weighted by Gasteiger charge is 2.31. The summed E-state index contributed by atoms with van der Waals surface area (Å²) in [6.45, 7) is 11.6. The number of alkyl carbamates (subject to hydrolysis) is 1. The van der Waals surface area contributed by atoms with E-state index in [1.165, 1.54) is 0 Å². The summed E-state index contributed by atoms with van der Waals surface area (Å²) < 4.78 is 5.28. The van der Waals surface area contributed by atoms with Crippen molar-refractivity contribution in [2.75, 3.05) is 0 Å². The van der Waals surface area contributed by atoms with Crippen LogP contribution in [0.1, 0.15) is 53.4 Å². The third-order valence-electron chi connectivity index (χ3n) is 2.37. The van der Waals surface area contributed by atoms with Crippen molar-refractivity contribution >= 4 is 6.09 Å². The van der Waals surface area contributed by atoms with E-state index in [-0.39, 0.29) is 11.5 Å². The van der Waals surface area contributed by atoms with Gasteiger partial charge in [-0.15, -0.1) is 0 Å². The first-order valence-corrected chi connectivity index (χ1v) is 6.36. The Morgan fingerprint density at radius 1 is 1.16 bits per heavy atom. The van der Waals surface area contributed by atoms with Crippen molar-refractivity contribution in [1.29, 1.82) is 0 Å². The van der Waals surface area contributed by atoms with Crippen molar-refractivity contribution in [2.45, 2.75) is 53.2 Å². The molecule has 1 aromatic rings. The van der Waals surface area contributed by atoms with E-state index in [0.717, 1.165) is 0 Å². The second-order valence-electron chi connectivity index (χ2n) is 6.55. The Hall–Kier alpha value is -1.65. The number of carbonyl (C=O) groups excluding carboxylic acids is 1. The van der Waals surface area contributed by atoms with Crippen molar-refractivity contribution in [2.24, 2.45) is 5.41 Å². The average molecular weight is 265 g/mol. The molecular formula is C14H23N3O2. The van der Waals surface area contributed by atoms with Crippen LogP contribution in [-0.2, 0) is 4.74 Å². The number of nitrogens with one attached hydrogen (secondary N) is 1. The number of hydrogen-bond donors (Lipinski definition) is 1. The van der Waals surface area contributed by atoms with Gasteiger partial charge >= 0.3 is 6.09 Å². The first-order chi connectivity index (χ1) is 8.59. The van der Waals surface area contributed by atoms with Gasteiger partial charge in [0.05, 0.1) is 6.04 Å². The lowest BCUT2D eigenvalue weighted by Crippen LogP contribution is -2.40. The van der Waals surface area contributed by atoms with E-state index >= 15 is 0 Å². The smallest absolute Gasteiger partial charge is 0.408 e. The minimum absolute atomic E-state index is 0.210. The van der Waals surface area contributed by atoms with Gasteiger partial charge in [0.25, 0.3) is 0 Å². The predicted molar refractivity (Wildman–Crippen MR) is 73.6 cm³/mol. The minimum Gasteiger partial charge on any atom is -0.444 e. The van der Waals surface area contributed by atoms with Crippen molar-refractivity contribution in [3.63, 3.8) is 0 Å². The maximum Gasteiger partial charge on any atom is 0.408 e. The highest BCUT2D eigenvalue weighted by atomic mass is 16.6. The Morgan fingerprint density at radius 3 is 2.11 bits per heavy atom. The number of hydrogen-bond acceptors (Lipinski definition) is 4. The lowest BCUT2D eigenvalue weighted by atomic mass is 9.86. The number of amides is 1. The number of nitrogens with zero attached hydrogens (tertiary/aromatic N) is 2. The highest BCUT2D eigenvalue weighted by Crippen LogP contribution is 2.30. The molecule has 1 rings (SSSR count). The van der Waals surface area contributed by atoms with Gasteiger partial charge in [0, 0.05) is 12.4 Å². The predicted octanol–water partition coefficient (Wildman–Crippen LogP) is 3.09. The topological polar surface area (TPSA) is 64.1 Å². The fourth-order valence-corrected chi connectivity index (χ4v) is 1.55. The molecule has 106 valence electrons. The van der Waals surface area contributed by atoms with Crippen LogP contribution in [0.15, 0.2) is 18.5 Å². The molecule has 0 fully saturated rings. The zero-order chi connectivity index (χ0) is 14.7. The Kier molecular flexibility index (Phi) is 4.50. The molecule has 0 aliphatic rings. The molecule has 1 N–H and O–H groups in total. The zero-order valence-electron chi connectivity index (χ0n) is 12.5. The summed E-state index contributed by atoms with van der Waals surface area (Å²) in [5.41, 5.74) is -0.734. The van der Waals surface area contributed by atoms with Gasteiger partial charge in [0.2, 0.25) is 0 Å². The van der Waals surface area contributed by atoms with Gasteiger partial charge in [0.15, 0.2) is 5.82 Å². The van der Waals surface area contributed by atoms with E-state index in [0.29, 0.717) is 5.82 Å². The van der Waals surface area contributed by atoms with Crippen LogP contribution in [0.5, 0.6) is 0 Å². The van der Waals surface area contributed by atoms with E-state index in [9.17, 15) is 4.79 Å². The number of carbonyl (C=O) groups is 1. The fraction of sp³-hybridized carbons (Fsp3) is 0.643. The van der Waals surface area contributed by atoms with Gasteiger partial charge < -0.3 is 10.1 Å². The van der Waals surface area contributed by atoms with E-state index in [2.05, 4.69) is 15.3 Å². The molecule has 1 unspecified atom stereocenters. The Labute approximate surface area is 114 Å². The van der Waals surface area contributed by atoms with Gasteiger partial charge in [-0.05, 0) is 32.3 Å². The summed E-state index contributed by atoms with van der Waals surface area (Å²) in [5.74, 6) is 0.584. The SMILES string of the molecule is CC(C)(C)OC(=O)NC(c1ncccn1)C(C)(C)C. The first-order valence-electron chi connectivity index (χ1n) is 6.36. The monoisotopic (exact) mass is 265 g/mol. The minimum atomic E-state index is -0.524. The van der Waals surface area contributed by atoms with Gasteiger partial charge in [-0.2, -0.15) is 0 Å². The van der Waals surface area contributed by atoms with Crippen molar-refractivity contribution in [3.8, 4) is 0 Å². The van der Waals surface area contributed by atoms with Crippen LogP contribution in [0.3, 0.4) is 0 Å². The average Bonchev–Trinajstić information content (AvgIpc) is 2.23. The standard InChI is InChI=1S/C14H23N3O2/c1-13(2,3)10(11-15-8-7-9-16-11)17-12(18)19-14(4,5)6/h7-10H,1-6H3,(H,17,18). The quantitative estimate of drug-likeness (QED) is 0.892. The van der Waals surface area contributed by atoms with Crippen LogP contribution in [-0.4, -0.2) is 21.7 Å². The lowest BCUT2D eigenvalue weighted by Gasteiger charge is -2.31. The van der Waals surface area contributed by atoms with Crippen LogP contribution >= 0.6 is 0 Å². The molecule has 0 radical (unpaired) electrons. The molecule has 0 aliphatic heterocycles. The second-order valence-corrected chi connectivity index (χ2v) is 6.55. The second kappa shape index (κ2) is 5.55.